The van der Waals surface area contributed by atoms with Gasteiger partial charge in [0.1, 0.15) is 0 Å². The molecule has 0 unspecified atom stereocenters. The molecule has 1 aliphatic heterocycles. The van der Waals surface area contributed by atoms with E-state index in [1.807, 2.05) is 7.05 Å². The standard InChI is InChI=1S/C26H32N2/c1-19-13-8-9-14-20(19)25(2,3)23(27-6)17-12-18-24-26(4,5)21-15-10-11-16-22(21)28(24)7/h8-18H,1-7H3/b17-12+,24-18+,27-23?. The van der Waals surface area contributed by atoms with Gasteiger partial charge in [-0.15, -0.1) is 0 Å². The van der Waals surface area contributed by atoms with Gasteiger partial charge in [0.25, 0.3) is 0 Å². The minimum Gasteiger partial charge on any atom is -0.347 e. The van der Waals surface area contributed by atoms with Gasteiger partial charge in [-0.2, -0.15) is 0 Å². The van der Waals surface area contributed by atoms with Crippen LogP contribution in [0.4, 0.5) is 5.69 Å². The van der Waals surface area contributed by atoms with E-state index in [1.165, 1.54) is 28.1 Å². The van der Waals surface area contributed by atoms with Gasteiger partial charge in [0.2, 0.25) is 0 Å². The van der Waals surface area contributed by atoms with Gasteiger partial charge in [-0.25, -0.2) is 0 Å². The molecule has 0 aliphatic carbocycles. The predicted octanol–water partition coefficient (Wildman–Crippen LogP) is 6.21. The molecule has 2 nitrogen and oxygen atoms in total. The zero-order chi connectivity index (χ0) is 20.5. The highest BCUT2D eigenvalue weighted by atomic mass is 15.2. The van der Waals surface area contributed by atoms with Crippen LogP contribution in [0.2, 0.25) is 0 Å². The molecule has 0 N–H and O–H groups in total. The molecule has 146 valence electrons. The van der Waals surface area contributed by atoms with E-state index >= 15 is 0 Å². The van der Waals surface area contributed by atoms with Gasteiger partial charge in [-0.05, 0) is 41.8 Å². The highest BCUT2D eigenvalue weighted by Gasteiger charge is 2.37. The first kappa shape index (κ1) is 20.1. The first-order valence-corrected chi connectivity index (χ1v) is 9.96. The second kappa shape index (κ2) is 7.43. The average Bonchev–Trinajstić information content (AvgIpc) is 2.86. The van der Waals surface area contributed by atoms with Crippen molar-refractivity contribution in [3.8, 4) is 0 Å². The number of benzene rings is 2. The maximum atomic E-state index is 4.62. The van der Waals surface area contributed by atoms with Gasteiger partial charge < -0.3 is 4.90 Å². The molecule has 1 aliphatic rings. The molecule has 28 heavy (non-hydrogen) atoms. The van der Waals surface area contributed by atoms with Gasteiger partial charge in [-0.1, -0.05) is 76.2 Å². The Kier molecular flexibility index (Phi) is 5.34. The fourth-order valence-electron chi connectivity index (χ4n) is 4.51. The molecule has 0 saturated heterocycles. The van der Waals surface area contributed by atoms with E-state index in [9.17, 15) is 0 Å². The van der Waals surface area contributed by atoms with E-state index in [0.29, 0.717) is 0 Å². The SMILES string of the molecule is CN=C(/C=C/C=C1/N(C)c2ccccc2C1(C)C)C(C)(C)c1ccccc1C. The van der Waals surface area contributed by atoms with Crippen molar-refractivity contribution in [2.24, 2.45) is 4.99 Å². The van der Waals surface area contributed by atoms with Crippen LogP contribution < -0.4 is 4.90 Å². The van der Waals surface area contributed by atoms with E-state index in [4.69, 9.17) is 0 Å². The van der Waals surface area contributed by atoms with Gasteiger partial charge in [0, 0.05) is 42.0 Å². The second-order valence-electron chi connectivity index (χ2n) is 8.66. The fourth-order valence-corrected chi connectivity index (χ4v) is 4.51. The van der Waals surface area contributed by atoms with Crippen LogP contribution in [0.1, 0.15) is 44.4 Å². The summed E-state index contributed by atoms with van der Waals surface area (Å²) in [7, 11) is 4.04. The first-order valence-electron chi connectivity index (χ1n) is 9.96. The van der Waals surface area contributed by atoms with Crippen LogP contribution in [0, 0.1) is 6.92 Å². The Balaban J connectivity index is 1.92. The van der Waals surface area contributed by atoms with E-state index in [1.54, 1.807) is 0 Å². The predicted molar refractivity (Wildman–Crippen MR) is 123 cm³/mol. The van der Waals surface area contributed by atoms with Crippen molar-refractivity contribution >= 4 is 11.4 Å². The Labute approximate surface area is 170 Å². The zero-order valence-corrected chi connectivity index (χ0v) is 18.2. The molecule has 0 atom stereocenters. The van der Waals surface area contributed by atoms with E-state index in [2.05, 4.69) is 118 Å². The van der Waals surface area contributed by atoms with Gasteiger partial charge in [-0.3, -0.25) is 4.99 Å². The van der Waals surface area contributed by atoms with E-state index in [0.717, 1.165) is 5.71 Å². The molecule has 0 aromatic heterocycles. The molecule has 1 heterocycles. The number of allylic oxidation sites excluding steroid dienone is 4. The number of anilines is 1. The lowest BCUT2D eigenvalue weighted by Gasteiger charge is -2.27. The van der Waals surface area contributed by atoms with Crippen molar-refractivity contribution in [3.63, 3.8) is 0 Å². The van der Waals surface area contributed by atoms with Crippen LogP contribution in [-0.4, -0.2) is 19.8 Å². The summed E-state index contributed by atoms with van der Waals surface area (Å²) in [5.74, 6) is 0. The number of fused-ring (bicyclic) bond motifs is 1. The Morgan fingerprint density at radius 1 is 1.04 bits per heavy atom. The van der Waals surface area contributed by atoms with E-state index < -0.39 is 0 Å². The fraction of sp³-hybridized carbons (Fsp3) is 0.346. The number of likely N-dealkylation sites (N-methyl/N-ethyl adjacent to an activating group) is 1. The summed E-state index contributed by atoms with van der Waals surface area (Å²) in [5, 5.41) is 0. The second-order valence-corrected chi connectivity index (χ2v) is 8.66. The van der Waals surface area contributed by atoms with Gasteiger partial charge in [0.15, 0.2) is 0 Å². The minimum atomic E-state index is -0.144. The zero-order valence-electron chi connectivity index (χ0n) is 18.2. The molecule has 2 aromatic rings. The van der Waals surface area contributed by atoms with Crippen molar-refractivity contribution in [1.82, 2.24) is 0 Å². The number of rotatable bonds is 4. The molecule has 0 spiro atoms. The summed E-state index contributed by atoms with van der Waals surface area (Å²) in [6.45, 7) is 11.2. The smallest absolute Gasteiger partial charge is 0.0447 e. The molecule has 2 aromatic carbocycles. The van der Waals surface area contributed by atoms with Crippen LogP contribution >= 0.6 is 0 Å². The third-order valence-electron chi connectivity index (χ3n) is 6.15. The summed E-state index contributed by atoms with van der Waals surface area (Å²) in [6, 6.07) is 17.2. The normalized spacial score (nSPS) is 18.2. The quantitative estimate of drug-likeness (QED) is 0.582. The molecule has 3 rings (SSSR count). The largest absolute Gasteiger partial charge is 0.347 e. The van der Waals surface area contributed by atoms with Crippen molar-refractivity contribution in [3.05, 3.63) is 89.1 Å². The third kappa shape index (κ3) is 3.32. The number of aryl methyl sites for hydroxylation is 1. The molecular weight excluding hydrogens is 340 g/mol. The lowest BCUT2D eigenvalue weighted by molar-refractivity contribution is 0.640. The number of aliphatic imine (C=N–C) groups is 1. The Morgan fingerprint density at radius 3 is 2.32 bits per heavy atom. The van der Waals surface area contributed by atoms with E-state index in [-0.39, 0.29) is 10.8 Å². The van der Waals surface area contributed by atoms with Gasteiger partial charge >= 0.3 is 0 Å². The number of hydrogen-bond acceptors (Lipinski definition) is 2. The lowest BCUT2D eigenvalue weighted by Crippen LogP contribution is -2.28. The third-order valence-corrected chi connectivity index (χ3v) is 6.15. The Morgan fingerprint density at radius 2 is 1.68 bits per heavy atom. The molecule has 0 saturated carbocycles. The topological polar surface area (TPSA) is 15.6 Å². The minimum absolute atomic E-state index is 0.00919. The number of nitrogens with zero attached hydrogens (tertiary/aromatic N) is 2. The van der Waals surface area contributed by atoms with Crippen LogP contribution in [0.3, 0.4) is 0 Å². The Bertz CT molecular complexity index is 958. The highest BCUT2D eigenvalue weighted by molar-refractivity contribution is 6.03. The Hall–Kier alpha value is -2.61. The van der Waals surface area contributed by atoms with Crippen LogP contribution in [-0.2, 0) is 10.8 Å². The van der Waals surface area contributed by atoms with Crippen molar-refractivity contribution in [1.29, 1.82) is 0 Å². The van der Waals surface area contributed by atoms with Crippen LogP contribution in [0.15, 0.2) is 77.4 Å². The highest BCUT2D eigenvalue weighted by Crippen LogP contribution is 2.46. The molecule has 0 bridgehead atoms. The molecule has 0 radical (unpaired) electrons. The summed E-state index contributed by atoms with van der Waals surface area (Å²) in [5.41, 5.74) is 7.51. The van der Waals surface area contributed by atoms with Crippen molar-refractivity contribution in [2.75, 3.05) is 19.0 Å². The monoisotopic (exact) mass is 372 g/mol. The maximum Gasteiger partial charge on any atom is 0.0447 e. The summed E-state index contributed by atoms with van der Waals surface area (Å²) in [4.78, 5) is 6.92. The molecule has 0 fully saturated rings. The summed E-state index contributed by atoms with van der Waals surface area (Å²) >= 11 is 0. The van der Waals surface area contributed by atoms with Crippen molar-refractivity contribution < 1.29 is 0 Å². The first-order chi connectivity index (χ1) is 13.2. The summed E-state index contributed by atoms with van der Waals surface area (Å²) < 4.78 is 0. The van der Waals surface area contributed by atoms with Crippen LogP contribution in [0.5, 0.6) is 0 Å². The molecular formula is C26H32N2. The summed E-state index contributed by atoms with van der Waals surface area (Å²) in [6.07, 6.45) is 6.55. The lowest BCUT2D eigenvalue weighted by atomic mass is 9.77. The molecule has 2 heteroatoms. The van der Waals surface area contributed by atoms with Gasteiger partial charge in [0.05, 0.1) is 0 Å². The number of para-hydroxylation sites is 1. The maximum absolute atomic E-state index is 4.62. The van der Waals surface area contributed by atoms with Crippen molar-refractivity contribution in [2.45, 2.75) is 45.4 Å². The average molecular weight is 373 g/mol. The molecule has 0 amide bonds. The number of hydrogen-bond donors (Lipinski definition) is 0. The van der Waals surface area contributed by atoms with Crippen LogP contribution in [0.25, 0.3) is 0 Å².